The van der Waals surface area contributed by atoms with Gasteiger partial charge in [-0.1, -0.05) is 12.1 Å². The molecule has 2 aliphatic rings. The SMILES string of the molecule is CC(=O)N[C@@H]1CN(C(=O)CCc2ccc(F)cc2)C2(CCNCC2)C1. The number of carbonyl (C=O) groups is 2. The van der Waals surface area contributed by atoms with Crippen molar-refractivity contribution in [1.29, 1.82) is 0 Å². The van der Waals surface area contributed by atoms with E-state index < -0.39 is 0 Å². The molecule has 5 nitrogen and oxygen atoms in total. The highest BCUT2D eigenvalue weighted by atomic mass is 19.1. The molecule has 2 fully saturated rings. The number of hydrogen-bond acceptors (Lipinski definition) is 3. The first-order valence-corrected chi connectivity index (χ1v) is 9.01. The fourth-order valence-electron chi connectivity index (χ4n) is 4.20. The summed E-state index contributed by atoms with van der Waals surface area (Å²) in [7, 11) is 0. The van der Waals surface area contributed by atoms with Gasteiger partial charge in [-0.2, -0.15) is 0 Å². The van der Waals surface area contributed by atoms with E-state index in [0.29, 0.717) is 19.4 Å². The topological polar surface area (TPSA) is 61.4 Å². The van der Waals surface area contributed by atoms with Crippen molar-refractivity contribution in [3.8, 4) is 0 Å². The lowest BCUT2D eigenvalue weighted by atomic mass is 9.84. The Morgan fingerprint density at radius 1 is 1.28 bits per heavy atom. The number of carbonyl (C=O) groups excluding carboxylic acids is 2. The van der Waals surface area contributed by atoms with E-state index in [9.17, 15) is 14.0 Å². The molecular formula is C19H26FN3O2. The third-order valence-electron chi connectivity index (χ3n) is 5.39. The average Bonchev–Trinajstić information content (AvgIpc) is 2.91. The van der Waals surface area contributed by atoms with Gasteiger partial charge in [0.2, 0.25) is 11.8 Å². The van der Waals surface area contributed by atoms with Crippen LogP contribution in [0.3, 0.4) is 0 Å². The van der Waals surface area contributed by atoms with E-state index in [1.807, 2.05) is 4.90 Å². The van der Waals surface area contributed by atoms with Crippen molar-refractivity contribution in [3.05, 3.63) is 35.6 Å². The number of aryl methyl sites for hydroxylation is 1. The minimum atomic E-state index is -0.263. The van der Waals surface area contributed by atoms with Gasteiger partial charge in [-0.05, 0) is 56.5 Å². The highest BCUT2D eigenvalue weighted by Crippen LogP contribution is 2.37. The van der Waals surface area contributed by atoms with E-state index in [1.54, 1.807) is 12.1 Å². The molecule has 3 rings (SSSR count). The van der Waals surface area contributed by atoms with Crippen LogP contribution in [0.5, 0.6) is 0 Å². The predicted octanol–water partition coefficient (Wildman–Crippen LogP) is 1.62. The number of benzene rings is 1. The zero-order valence-electron chi connectivity index (χ0n) is 14.7. The monoisotopic (exact) mass is 347 g/mol. The summed E-state index contributed by atoms with van der Waals surface area (Å²) in [4.78, 5) is 26.3. The van der Waals surface area contributed by atoms with Gasteiger partial charge in [0.05, 0.1) is 0 Å². The van der Waals surface area contributed by atoms with Crippen LogP contribution in [-0.4, -0.2) is 47.9 Å². The van der Waals surface area contributed by atoms with Crippen LogP contribution in [0.25, 0.3) is 0 Å². The van der Waals surface area contributed by atoms with Crippen molar-refractivity contribution >= 4 is 11.8 Å². The van der Waals surface area contributed by atoms with E-state index in [4.69, 9.17) is 0 Å². The third-order valence-corrected chi connectivity index (χ3v) is 5.39. The minimum Gasteiger partial charge on any atom is -0.352 e. The Balaban J connectivity index is 1.67. The standard InChI is InChI=1S/C19H26FN3O2/c1-14(24)22-17-12-19(8-10-21-11-9-19)23(13-17)18(25)7-4-15-2-5-16(20)6-3-15/h2-3,5-6,17,21H,4,7-13H2,1H3,(H,22,24)/t17-/m0/s1. The van der Waals surface area contributed by atoms with Gasteiger partial charge in [0.15, 0.2) is 0 Å². The van der Waals surface area contributed by atoms with Crippen LogP contribution in [0.2, 0.25) is 0 Å². The average molecular weight is 347 g/mol. The van der Waals surface area contributed by atoms with Gasteiger partial charge < -0.3 is 15.5 Å². The second kappa shape index (κ2) is 7.52. The molecule has 1 aromatic carbocycles. The molecule has 2 aliphatic heterocycles. The highest BCUT2D eigenvalue weighted by Gasteiger charge is 2.48. The zero-order chi connectivity index (χ0) is 17.9. The number of nitrogens with zero attached hydrogens (tertiary/aromatic N) is 1. The fourth-order valence-corrected chi connectivity index (χ4v) is 4.20. The molecule has 1 atom stereocenters. The van der Waals surface area contributed by atoms with E-state index in [2.05, 4.69) is 10.6 Å². The molecule has 0 unspecified atom stereocenters. The van der Waals surface area contributed by atoms with Crippen molar-refractivity contribution in [2.75, 3.05) is 19.6 Å². The second-order valence-corrected chi connectivity index (χ2v) is 7.21. The second-order valence-electron chi connectivity index (χ2n) is 7.21. The lowest BCUT2D eigenvalue weighted by molar-refractivity contribution is -0.136. The van der Waals surface area contributed by atoms with E-state index in [-0.39, 0.29) is 29.2 Å². The van der Waals surface area contributed by atoms with E-state index in [1.165, 1.54) is 19.1 Å². The lowest BCUT2D eigenvalue weighted by Gasteiger charge is -2.41. The molecule has 6 heteroatoms. The van der Waals surface area contributed by atoms with Crippen LogP contribution < -0.4 is 10.6 Å². The van der Waals surface area contributed by atoms with Gasteiger partial charge in [0.1, 0.15) is 5.82 Å². The maximum Gasteiger partial charge on any atom is 0.223 e. The van der Waals surface area contributed by atoms with Gasteiger partial charge in [-0.15, -0.1) is 0 Å². The number of rotatable bonds is 4. The molecule has 0 bridgehead atoms. The molecule has 2 heterocycles. The predicted molar refractivity (Wildman–Crippen MR) is 93.5 cm³/mol. The number of likely N-dealkylation sites (tertiary alicyclic amines) is 1. The molecule has 0 saturated carbocycles. The Morgan fingerprint density at radius 2 is 1.96 bits per heavy atom. The molecule has 1 aromatic rings. The summed E-state index contributed by atoms with van der Waals surface area (Å²) in [6.07, 6.45) is 3.69. The van der Waals surface area contributed by atoms with Crippen LogP contribution in [0.4, 0.5) is 4.39 Å². The Morgan fingerprint density at radius 3 is 2.60 bits per heavy atom. The number of halogens is 1. The molecule has 2 saturated heterocycles. The molecule has 1 spiro atoms. The summed E-state index contributed by atoms with van der Waals surface area (Å²) in [6.45, 7) is 3.90. The van der Waals surface area contributed by atoms with Crippen LogP contribution in [-0.2, 0) is 16.0 Å². The largest absolute Gasteiger partial charge is 0.352 e. The van der Waals surface area contributed by atoms with Crippen molar-refractivity contribution in [2.24, 2.45) is 0 Å². The molecule has 25 heavy (non-hydrogen) atoms. The number of hydrogen-bond donors (Lipinski definition) is 2. The lowest BCUT2D eigenvalue weighted by Crippen LogP contribution is -2.53. The summed E-state index contributed by atoms with van der Waals surface area (Å²) >= 11 is 0. The van der Waals surface area contributed by atoms with Gasteiger partial charge in [0.25, 0.3) is 0 Å². The third kappa shape index (κ3) is 4.18. The van der Waals surface area contributed by atoms with Crippen molar-refractivity contribution < 1.29 is 14.0 Å². The molecule has 0 aromatic heterocycles. The minimum absolute atomic E-state index is 0.0328. The summed E-state index contributed by atoms with van der Waals surface area (Å²) in [5.74, 6) is -0.185. The fraction of sp³-hybridized carbons (Fsp3) is 0.579. The summed E-state index contributed by atoms with van der Waals surface area (Å²) in [5, 5.41) is 6.34. The smallest absolute Gasteiger partial charge is 0.223 e. The Labute approximate surface area is 148 Å². The van der Waals surface area contributed by atoms with Gasteiger partial charge in [-0.25, -0.2) is 4.39 Å². The van der Waals surface area contributed by atoms with Gasteiger partial charge in [-0.3, -0.25) is 9.59 Å². The molecule has 2 N–H and O–H groups in total. The first-order chi connectivity index (χ1) is 12.0. The molecule has 2 amide bonds. The maximum atomic E-state index is 13.0. The Kier molecular flexibility index (Phi) is 5.37. The van der Waals surface area contributed by atoms with Gasteiger partial charge in [0, 0.05) is 31.5 Å². The summed E-state index contributed by atoms with van der Waals surface area (Å²) < 4.78 is 13.0. The summed E-state index contributed by atoms with van der Waals surface area (Å²) in [5.41, 5.74) is 0.824. The zero-order valence-corrected chi connectivity index (χ0v) is 14.7. The van der Waals surface area contributed by atoms with Crippen LogP contribution in [0, 0.1) is 5.82 Å². The van der Waals surface area contributed by atoms with E-state index >= 15 is 0 Å². The highest BCUT2D eigenvalue weighted by molar-refractivity contribution is 5.78. The Hall–Kier alpha value is -1.95. The first kappa shape index (κ1) is 17.9. The quantitative estimate of drug-likeness (QED) is 0.870. The number of piperidine rings is 1. The van der Waals surface area contributed by atoms with Gasteiger partial charge >= 0.3 is 0 Å². The number of nitrogens with one attached hydrogen (secondary N) is 2. The number of amides is 2. The Bertz CT molecular complexity index is 626. The maximum absolute atomic E-state index is 13.0. The van der Waals surface area contributed by atoms with E-state index in [0.717, 1.165) is 37.9 Å². The van der Waals surface area contributed by atoms with Crippen LogP contribution in [0.1, 0.15) is 38.2 Å². The van der Waals surface area contributed by atoms with Crippen LogP contribution in [0.15, 0.2) is 24.3 Å². The molecule has 136 valence electrons. The van der Waals surface area contributed by atoms with Crippen molar-refractivity contribution in [3.63, 3.8) is 0 Å². The van der Waals surface area contributed by atoms with Crippen molar-refractivity contribution in [1.82, 2.24) is 15.5 Å². The normalized spacial score (nSPS) is 22.2. The molecule has 0 radical (unpaired) electrons. The van der Waals surface area contributed by atoms with Crippen molar-refractivity contribution in [2.45, 2.75) is 50.6 Å². The molecule has 0 aliphatic carbocycles. The summed E-state index contributed by atoms with van der Waals surface area (Å²) in [6, 6.07) is 6.35. The van der Waals surface area contributed by atoms with Crippen LogP contribution >= 0.6 is 0 Å². The molecular weight excluding hydrogens is 321 g/mol. The first-order valence-electron chi connectivity index (χ1n) is 9.01.